The van der Waals surface area contributed by atoms with Crippen molar-refractivity contribution >= 4 is 17.7 Å². The zero-order valence-electron chi connectivity index (χ0n) is 13.9. The minimum absolute atomic E-state index is 0.0222. The molecule has 1 fully saturated rings. The van der Waals surface area contributed by atoms with Crippen LogP contribution in [0.1, 0.15) is 26.7 Å². The number of likely N-dealkylation sites (tertiary alicyclic amines) is 1. The second kappa shape index (κ2) is 8.73. The zero-order chi connectivity index (χ0) is 16.7. The predicted molar refractivity (Wildman–Crippen MR) is 83.9 cm³/mol. The molecule has 0 bridgehead atoms. The van der Waals surface area contributed by atoms with Crippen LogP contribution < -0.4 is 5.73 Å². The van der Waals surface area contributed by atoms with Gasteiger partial charge in [-0.2, -0.15) is 0 Å². The van der Waals surface area contributed by atoms with Gasteiger partial charge >= 0.3 is 0 Å². The fourth-order valence-corrected chi connectivity index (χ4v) is 2.73. The van der Waals surface area contributed by atoms with Gasteiger partial charge in [0.2, 0.25) is 17.7 Å². The first-order valence-electron chi connectivity index (χ1n) is 7.92. The van der Waals surface area contributed by atoms with Crippen molar-refractivity contribution in [2.45, 2.75) is 26.7 Å². The molecule has 0 aliphatic carbocycles. The number of likely N-dealkylation sites (N-methyl/N-ethyl adjacent to an activating group) is 2. The second-order valence-corrected chi connectivity index (χ2v) is 5.82. The Morgan fingerprint density at radius 1 is 1.18 bits per heavy atom. The smallest absolute Gasteiger partial charge is 0.236 e. The molecule has 0 aromatic rings. The molecule has 0 saturated carbocycles. The molecule has 22 heavy (non-hydrogen) atoms. The fourth-order valence-electron chi connectivity index (χ4n) is 2.73. The molecule has 1 rings (SSSR count). The lowest BCUT2D eigenvalue weighted by atomic mass is 9.97. The average molecular weight is 312 g/mol. The summed E-state index contributed by atoms with van der Waals surface area (Å²) in [5, 5.41) is 0. The molecule has 1 aliphatic heterocycles. The molecular weight excluding hydrogens is 284 g/mol. The monoisotopic (exact) mass is 312 g/mol. The van der Waals surface area contributed by atoms with E-state index >= 15 is 0 Å². The summed E-state index contributed by atoms with van der Waals surface area (Å²) in [5.41, 5.74) is 5.32. The van der Waals surface area contributed by atoms with E-state index in [0.29, 0.717) is 26.2 Å². The lowest BCUT2D eigenvalue weighted by Crippen LogP contribution is -2.48. The number of rotatable bonds is 7. The van der Waals surface area contributed by atoms with E-state index in [1.54, 1.807) is 21.7 Å². The van der Waals surface area contributed by atoms with Crippen LogP contribution in [0.25, 0.3) is 0 Å². The summed E-state index contributed by atoms with van der Waals surface area (Å²) in [6.07, 6.45) is 1.54. The summed E-state index contributed by atoms with van der Waals surface area (Å²) < 4.78 is 0. The Labute approximate surface area is 132 Å². The van der Waals surface area contributed by atoms with Crippen LogP contribution in [-0.4, -0.2) is 78.7 Å². The minimum Gasteiger partial charge on any atom is -0.369 e. The summed E-state index contributed by atoms with van der Waals surface area (Å²) in [5.74, 6) is -0.627. The van der Waals surface area contributed by atoms with Gasteiger partial charge in [0.1, 0.15) is 0 Å². The Hall–Kier alpha value is -1.63. The number of nitrogens with zero attached hydrogens (tertiary/aromatic N) is 3. The van der Waals surface area contributed by atoms with Gasteiger partial charge in [0.05, 0.1) is 19.0 Å². The zero-order valence-corrected chi connectivity index (χ0v) is 13.9. The van der Waals surface area contributed by atoms with Crippen molar-refractivity contribution in [3.63, 3.8) is 0 Å². The van der Waals surface area contributed by atoms with Crippen LogP contribution in [0, 0.1) is 5.92 Å². The van der Waals surface area contributed by atoms with Crippen molar-refractivity contribution in [3.05, 3.63) is 0 Å². The first kappa shape index (κ1) is 18.4. The normalized spacial score (nSPS) is 18.4. The average Bonchev–Trinajstić information content (AvgIpc) is 2.48. The molecule has 126 valence electrons. The maximum absolute atomic E-state index is 12.3. The Kier molecular flexibility index (Phi) is 7.31. The highest BCUT2D eigenvalue weighted by atomic mass is 16.2. The number of amides is 3. The molecule has 7 nitrogen and oxygen atoms in total. The molecule has 1 aliphatic rings. The highest BCUT2D eigenvalue weighted by molar-refractivity contribution is 5.82. The summed E-state index contributed by atoms with van der Waals surface area (Å²) in [6.45, 7) is 6.66. The van der Waals surface area contributed by atoms with Crippen LogP contribution in [-0.2, 0) is 14.4 Å². The quantitative estimate of drug-likeness (QED) is 0.687. The van der Waals surface area contributed by atoms with Crippen LogP contribution >= 0.6 is 0 Å². The van der Waals surface area contributed by atoms with E-state index in [1.165, 1.54) is 0 Å². The van der Waals surface area contributed by atoms with Crippen molar-refractivity contribution in [1.29, 1.82) is 0 Å². The van der Waals surface area contributed by atoms with Crippen LogP contribution in [0.5, 0.6) is 0 Å². The van der Waals surface area contributed by atoms with Gasteiger partial charge in [-0.05, 0) is 33.7 Å². The summed E-state index contributed by atoms with van der Waals surface area (Å²) >= 11 is 0. The maximum Gasteiger partial charge on any atom is 0.236 e. The van der Waals surface area contributed by atoms with Crippen molar-refractivity contribution in [2.75, 3.05) is 46.3 Å². The molecule has 3 amide bonds. The van der Waals surface area contributed by atoms with Gasteiger partial charge in [-0.1, -0.05) is 0 Å². The molecule has 0 aromatic heterocycles. The summed E-state index contributed by atoms with van der Waals surface area (Å²) in [7, 11) is 1.76. The molecule has 1 atom stereocenters. The molecule has 2 N–H and O–H groups in total. The first-order chi connectivity index (χ1) is 10.4. The van der Waals surface area contributed by atoms with Gasteiger partial charge in [-0.15, -0.1) is 0 Å². The van der Waals surface area contributed by atoms with Crippen LogP contribution in [0.15, 0.2) is 0 Å². The molecule has 7 heteroatoms. The number of hydrogen-bond acceptors (Lipinski definition) is 4. The minimum atomic E-state index is -0.345. The van der Waals surface area contributed by atoms with Gasteiger partial charge in [-0.25, -0.2) is 0 Å². The van der Waals surface area contributed by atoms with E-state index < -0.39 is 0 Å². The Bertz CT molecular complexity index is 410. The lowest BCUT2D eigenvalue weighted by Gasteiger charge is -2.32. The molecule has 0 aromatic carbocycles. The Balaban J connectivity index is 2.46. The number of nitrogens with two attached hydrogens (primary N) is 1. The Morgan fingerprint density at radius 2 is 1.82 bits per heavy atom. The third-order valence-corrected chi connectivity index (χ3v) is 4.10. The first-order valence-corrected chi connectivity index (χ1v) is 7.92. The molecular formula is C15H28N4O3. The van der Waals surface area contributed by atoms with Crippen LogP contribution in [0.3, 0.4) is 0 Å². The standard InChI is InChI=1S/C15H28N4O3/c1-4-18(5-2)13(20)10-17(3)11-14(21)19-8-6-7-12(9-19)15(16)22/h12H,4-11H2,1-3H3,(H2,16,22). The van der Waals surface area contributed by atoms with Crippen molar-refractivity contribution in [3.8, 4) is 0 Å². The maximum atomic E-state index is 12.3. The van der Waals surface area contributed by atoms with Gasteiger partial charge in [0.25, 0.3) is 0 Å². The van der Waals surface area contributed by atoms with Gasteiger partial charge in [0.15, 0.2) is 0 Å². The van der Waals surface area contributed by atoms with E-state index in [1.807, 2.05) is 13.8 Å². The van der Waals surface area contributed by atoms with E-state index in [0.717, 1.165) is 12.8 Å². The summed E-state index contributed by atoms with van der Waals surface area (Å²) in [4.78, 5) is 40.7. The highest BCUT2D eigenvalue weighted by Crippen LogP contribution is 2.16. The van der Waals surface area contributed by atoms with E-state index in [9.17, 15) is 14.4 Å². The highest BCUT2D eigenvalue weighted by Gasteiger charge is 2.27. The summed E-state index contributed by atoms with van der Waals surface area (Å²) in [6, 6.07) is 0. The van der Waals surface area contributed by atoms with E-state index in [2.05, 4.69) is 0 Å². The number of carbonyl (C=O) groups is 3. The number of hydrogen-bond donors (Lipinski definition) is 1. The van der Waals surface area contributed by atoms with Gasteiger partial charge in [0, 0.05) is 26.2 Å². The van der Waals surface area contributed by atoms with Crippen molar-refractivity contribution < 1.29 is 14.4 Å². The predicted octanol–water partition coefficient (Wildman–Crippen LogP) is -0.489. The van der Waals surface area contributed by atoms with Crippen LogP contribution in [0.4, 0.5) is 0 Å². The molecule has 1 saturated heterocycles. The van der Waals surface area contributed by atoms with Crippen molar-refractivity contribution in [2.24, 2.45) is 11.7 Å². The molecule has 0 radical (unpaired) electrons. The SMILES string of the molecule is CCN(CC)C(=O)CN(C)CC(=O)N1CCCC(C(N)=O)C1. The topological polar surface area (TPSA) is 87.0 Å². The second-order valence-electron chi connectivity index (χ2n) is 5.82. The van der Waals surface area contributed by atoms with Crippen LogP contribution in [0.2, 0.25) is 0 Å². The Morgan fingerprint density at radius 3 is 2.36 bits per heavy atom. The third-order valence-electron chi connectivity index (χ3n) is 4.10. The number of carbonyl (C=O) groups excluding carboxylic acids is 3. The molecule has 0 spiro atoms. The molecule has 1 heterocycles. The van der Waals surface area contributed by atoms with Crippen molar-refractivity contribution in [1.82, 2.24) is 14.7 Å². The fraction of sp³-hybridized carbons (Fsp3) is 0.800. The number of primary amides is 1. The largest absolute Gasteiger partial charge is 0.369 e. The number of piperidine rings is 1. The lowest BCUT2D eigenvalue weighted by molar-refractivity contribution is -0.136. The molecule has 1 unspecified atom stereocenters. The van der Waals surface area contributed by atoms with E-state index in [-0.39, 0.29) is 36.7 Å². The van der Waals surface area contributed by atoms with Gasteiger partial charge < -0.3 is 15.5 Å². The van der Waals surface area contributed by atoms with E-state index in [4.69, 9.17) is 5.73 Å². The third kappa shape index (κ3) is 5.29. The van der Waals surface area contributed by atoms with Gasteiger partial charge in [-0.3, -0.25) is 19.3 Å².